The van der Waals surface area contributed by atoms with E-state index in [1.54, 1.807) is 30.3 Å². The second-order valence-corrected chi connectivity index (χ2v) is 2.96. The van der Waals surface area contributed by atoms with E-state index in [0.717, 1.165) is 5.39 Å². The van der Waals surface area contributed by atoms with E-state index in [4.69, 9.17) is 5.11 Å². The van der Waals surface area contributed by atoms with Crippen LogP contribution in [-0.4, -0.2) is 11.1 Å². The SMILES string of the molecule is O=C(O)c1c([O-])ccc2ccccc12.[NH4+]. The highest BCUT2D eigenvalue weighted by Gasteiger charge is 2.08. The smallest absolute Gasteiger partial charge is 0.335 e. The average molecular weight is 205 g/mol. The van der Waals surface area contributed by atoms with E-state index >= 15 is 0 Å². The molecule has 0 fully saturated rings. The predicted octanol–water partition coefficient (Wildman–Crippen LogP) is 1.99. The highest BCUT2D eigenvalue weighted by atomic mass is 16.4. The quantitative estimate of drug-likeness (QED) is 0.744. The summed E-state index contributed by atoms with van der Waals surface area (Å²) < 4.78 is 0. The molecule has 0 atom stereocenters. The molecule has 4 nitrogen and oxygen atoms in total. The van der Waals surface area contributed by atoms with Crippen LogP contribution in [0, 0.1) is 0 Å². The topological polar surface area (TPSA) is 96.9 Å². The molecule has 5 N–H and O–H groups in total. The second-order valence-electron chi connectivity index (χ2n) is 2.96. The molecule has 0 radical (unpaired) electrons. The number of hydrogen-bond donors (Lipinski definition) is 2. The lowest BCUT2D eigenvalue weighted by atomic mass is 10.0. The first kappa shape index (κ1) is 11.0. The molecule has 2 rings (SSSR count). The Hall–Kier alpha value is -2.07. The van der Waals surface area contributed by atoms with Crippen LogP contribution in [-0.2, 0) is 0 Å². The van der Waals surface area contributed by atoms with E-state index in [1.165, 1.54) is 6.07 Å². The van der Waals surface area contributed by atoms with Gasteiger partial charge in [-0.3, -0.25) is 0 Å². The molecule has 0 aliphatic rings. The van der Waals surface area contributed by atoms with Gasteiger partial charge in [0.15, 0.2) is 0 Å². The van der Waals surface area contributed by atoms with Gasteiger partial charge >= 0.3 is 5.97 Å². The van der Waals surface area contributed by atoms with E-state index in [0.29, 0.717) is 5.39 Å². The third-order valence-corrected chi connectivity index (χ3v) is 2.10. The number of rotatable bonds is 1. The third-order valence-electron chi connectivity index (χ3n) is 2.10. The van der Waals surface area contributed by atoms with Crippen molar-refractivity contribution in [1.82, 2.24) is 6.15 Å². The maximum absolute atomic E-state index is 11.3. The third kappa shape index (κ3) is 1.75. The Balaban J connectivity index is 0.00000112. The van der Waals surface area contributed by atoms with Crippen LogP contribution in [0.3, 0.4) is 0 Å². The van der Waals surface area contributed by atoms with Crippen LogP contribution < -0.4 is 11.3 Å². The molecule has 0 aliphatic heterocycles. The molecule has 2 aromatic rings. The minimum Gasteiger partial charge on any atom is -0.872 e. The van der Waals surface area contributed by atoms with Gasteiger partial charge < -0.3 is 16.4 Å². The van der Waals surface area contributed by atoms with Crippen LogP contribution in [0.1, 0.15) is 10.4 Å². The number of aromatic carboxylic acids is 1. The Morgan fingerprint density at radius 2 is 1.80 bits per heavy atom. The van der Waals surface area contributed by atoms with Crippen molar-refractivity contribution in [3.63, 3.8) is 0 Å². The van der Waals surface area contributed by atoms with Crippen LogP contribution in [0.4, 0.5) is 0 Å². The summed E-state index contributed by atoms with van der Waals surface area (Å²) >= 11 is 0. The lowest BCUT2D eigenvalue weighted by Gasteiger charge is -2.12. The Labute approximate surface area is 86.4 Å². The van der Waals surface area contributed by atoms with Crippen molar-refractivity contribution in [2.24, 2.45) is 0 Å². The highest BCUT2D eigenvalue weighted by molar-refractivity contribution is 6.05. The summed E-state index contributed by atoms with van der Waals surface area (Å²) in [7, 11) is 0. The van der Waals surface area contributed by atoms with E-state index in [9.17, 15) is 9.90 Å². The Morgan fingerprint density at radius 3 is 2.47 bits per heavy atom. The number of carboxylic acids is 1. The lowest BCUT2D eigenvalue weighted by Crippen LogP contribution is -2.04. The summed E-state index contributed by atoms with van der Waals surface area (Å²) in [5.74, 6) is -1.62. The van der Waals surface area contributed by atoms with Crippen molar-refractivity contribution < 1.29 is 15.0 Å². The van der Waals surface area contributed by atoms with Crippen LogP contribution in [0.5, 0.6) is 5.75 Å². The number of quaternary nitrogens is 1. The molecule has 2 aromatic carbocycles. The molecule has 0 aromatic heterocycles. The lowest BCUT2D eigenvalue weighted by molar-refractivity contribution is -0.268. The van der Waals surface area contributed by atoms with Crippen molar-refractivity contribution in [3.05, 3.63) is 42.0 Å². The molecule has 0 spiro atoms. The minimum atomic E-state index is -1.17. The van der Waals surface area contributed by atoms with Crippen LogP contribution in [0.2, 0.25) is 0 Å². The zero-order valence-electron chi connectivity index (χ0n) is 8.23. The maximum Gasteiger partial charge on any atom is 0.335 e. The summed E-state index contributed by atoms with van der Waals surface area (Å²) in [6.07, 6.45) is 0. The minimum absolute atomic E-state index is 0. The Morgan fingerprint density at radius 1 is 1.13 bits per heavy atom. The molecule has 0 saturated carbocycles. The molecule has 0 amide bonds. The summed E-state index contributed by atoms with van der Waals surface area (Å²) in [6.45, 7) is 0. The average Bonchev–Trinajstić information content (AvgIpc) is 2.17. The van der Waals surface area contributed by atoms with Crippen molar-refractivity contribution in [2.45, 2.75) is 0 Å². The van der Waals surface area contributed by atoms with Gasteiger partial charge in [-0.15, -0.1) is 0 Å². The summed E-state index contributed by atoms with van der Waals surface area (Å²) in [5, 5.41) is 21.4. The monoisotopic (exact) mass is 205 g/mol. The molecule has 4 heteroatoms. The van der Waals surface area contributed by atoms with Gasteiger partial charge in [-0.1, -0.05) is 42.1 Å². The van der Waals surface area contributed by atoms with Gasteiger partial charge in [0, 0.05) is 0 Å². The number of carbonyl (C=O) groups is 1. The fourth-order valence-corrected chi connectivity index (χ4v) is 1.47. The normalized spacial score (nSPS) is 9.60. The molecule has 78 valence electrons. The number of hydrogen-bond acceptors (Lipinski definition) is 2. The zero-order chi connectivity index (χ0) is 10.1. The molecular weight excluding hydrogens is 194 g/mol. The Bertz CT molecular complexity index is 508. The number of fused-ring (bicyclic) bond motifs is 1. The molecule has 0 bridgehead atoms. The van der Waals surface area contributed by atoms with Crippen LogP contribution in [0.25, 0.3) is 10.8 Å². The molecule has 0 heterocycles. The standard InChI is InChI=1S/C11H8O3.H3N/c12-9-6-5-7-3-1-2-4-8(7)10(9)11(13)14;/h1-6,12H,(H,13,14);1H3. The van der Waals surface area contributed by atoms with Gasteiger partial charge in [-0.2, -0.15) is 0 Å². The molecule has 15 heavy (non-hydrogen) atoms. The van der Waals surface area contributed by atoms with Crippen molar-refractivity contribution in [1.29, 1.82) is 0 Å². The Kier molecular flexibility index (Phi) is 2.92. The molecule has 0 saturated heterocycles. The van der Waals surface area contributed by atoms with Gasteiger partial charge in [-0.25, -0.2) is 4.79 Å². The molecular formula is C11H11NO3. The maximum atomic E-state index is 11.3. The summed E-state index contributed by atoms with van der Waals surface area (Å²) in [6, 6.07) is 9.85. The van der Waals surface area contributed by atoms with Gasteiger partial charge in [0.05, 0.1) is 5.56 Å². The van der Waals surface area contributed by atoms with Crippen LogP contribution in [0.15, 0.2) is 36.4 Å². The molecule has 0 unspecified atom stereocenters. The highest BCUT2D eigenvalue weighted by Crippen LogP contribution is 2.24. The zero-order valence-corrected chi connectivity index (χ0v) is 8.23. The number of benzene rings is 2. The van der Waals surface area contributed by atoms with Gasteiger partial charge in [0.25, 0.3) is 0 Å². The second kappa shape index (κ2) is 3.98. The first-order chi connectivity index (χ1) is 6.70. The fourth-order valence-electron chi connectivity index (χ4n) is 1.47. The fraction of sp³-hybridized carbons (Fsp3) is 0. The largest absolute Gasteiger partial charge is 0.872 e. The first-order valence-electron chi connectivity index (χ1n) is 4.12. The van der Waals surface area contributed by atoms with Gasteiger partial charge in [0.2, 0.25) is 0 Å². The van der Waals surface area contributed by atoms with Crippen LogP contribution >= 0.6 is 0 Å². The number of carboxylic acid groups (broad SMARTS) is 1. The first-order valence-corrected chi connectivity index (χ1v) is 4.12. The van der Waals surface area contributed by atoms with E-state index in [2.05, 4.69) is 0 Å². The summed E-state index contributed by atoms with van der Waals surface area (Å²) in [4.78, 5) is 10.8. The van der Waals surface area contributed by atoms with E-state index in [1.807, 2.05) is 0 Å². The van der Waals surface area contributed by atoms with E-state index < -0.39 is 11.7 Å². The molecule has 0 aliphatic carbocycles. The van der Waals surface area contributed by atoms with Crippen molar-refractivity contribution in [3.8, 4) is 5.75 Å². The van der Waals surface area contributed by atoms with Crippen molar-refractivity contribution in [2.75, 3.05) is 0 Å². The van der Waals surface area contributed by atoms with E-state index in [-0.39, 0.29) is 11.7 Å². The predicted molar refractivity (Wildman–Crippen MR) is 56.3 cm³/mol. The van der Waals surface area contributed by atoms with Crippen molar-refractivity contribution >= 4 is 16.7 Å². The van der Waals surface area contributed by atoms with Gasteiger partial charge in [0.1, 0.15) is 0 Å². The van der Waals surface area contributed by atoms with Gasteiger partial charge in [-0.05, 0) is 10.8 Å². The summed E-state index contributed by atoms with van der Waals surface area (Å²) in [5.41, 5.74) is -0.150.